The maximum atomic E-state index is 11.5. The third kappa shape index (κ3) is 2.67. The zero-order valence-corrected chi connectivity index (χ0v) is 12.7. The molecular weight excluding hydrogens is 292 g/mol. The normalized spacial score (nSPS) is 25.5. The number of hydrogen-bond acceptors (Lipinski definition) is 6. The summed E-state index contributed by atoms with van der Waals surface area (Å²) in [4.78, 5) is 25.0. The van der Waals surface area contributed by atoms with Crippen LogP contribution in [0.25, 0.3) is 0 Å². The summed E-state index contributed by atoms with van der Waals surface area (Å²) in [5.41, 5.74) is 0.0522. The van der Waals surface area contributed by atoms with Crippen LogP contribution < -0.4 is 4.90 Å². The van der Waals surface area contributed by atoms with Crippen LogP contribution in [-0.2, 0) is 4.74 Å². The summed E-state index contributed by atoms with van der Waals surface area (Å²) in [5.74, 6) is -0.122. The minimum absolute atomic E-state index is 0.0522. The van der Waals surface area contributed by atoms with Crippen molar-refractivity contribution in [2.75, 3.05) is 18.1 Å². The van der Waals surface area contributed by atoms with E-state index in [-0.39, 0.29) is 28.5 Å². The summed E-state index contributed by atoms with van der Waals surface area (Å²) in [7, 11) is 0. The molecule has 0 amide bonds. The average Bonchev–Trinajstić information content (AvgIpc) is 2.92. The molecule has 0 N–H and O–H groups in total. The first kappa shape index (κ1) is 14.5. The van der Waals surface area contributed by atoms with Gasteiger partial charge in [0.15, 0.2) is 10.8 Å². The zero-order valence-electron chi connectivity index (χ0n) is 11.9. The van der Waals surface area contributed by atoms with Crippen molar-refractivity contribution in [1.82, 2.24) is 0 Å². The van der Waals surface area contributed by atoms with E-state index in [0.717, 1.165) is 25.7 Å². The van der Waals surface area contributed by atoms with Crippen molar-refractivity contribution in [3.8, 4) is 0 Å². The second-order valence-corrected chi connectivity index (χ2v) is 6.60. The molecule has 2 heterocycles. The van der Waals surface area contributed by atoms with Gasteiger partial charge in [0.2, 0.25) is 0 Å². The number of morpholine rings is 1. The summed E-state index contributed by atoms with van der Waals surface area (Å²) in [6.07, 6.45) is 4.45. The van der Waals surface area contributed by atoms with Crippen molar-refractivity contribution in [2.45, 2.75) is 44.8 Å². The fourth-order valence-corrected chi connectivity index (χ4v) is 4.34. The molecule has 0 radical (unpaired) electrons. The molecule has 3 rings (SSSR count). The van der Waals surface area contributed by atoms with Gasteiger partial charge in [-0.1, -0.05) is 12.8 Å². The molecule has 2 fully saturated rings. The number of anilines is 1. The molecular formula is C14H18N2O4S. The van der Waals surface area contributed by atoms with E-state index in [1.165, 1.54) is 24.3 Å². The van der Waals surface area contributed by atoms with Crippen LogP contribution in [0.5, 0.6) is 0 Å². The highest BCUT2D eigenvalue weighted by Gasteiger charge is 2.38. The quantitative estimate of drug-likeness (QED) is 0.487. The monoisotopic (exact) mass is 310 g/mol. The van der Waals surface area contributed by atoms with Crippen molar-refractivity contribution in [1.29, 1.82) is 0 Å². The Bertz CT molecular complexity index is 569. The Morgan fingerprint density at radius 2 is 2.24 bits per heavy atom. The number of nitro groups is 1. The number of thiophene rings is 1. The minimum atomic E-state index is -0.383. The lowest BCUT2D eigenvalue weighted by Crippen LogP contribution is -2.52. The lowest BCUT2D eigenvalue weighted by Gasteiger charge is -2.44. The average molecular weight is 310 g/mol. The van der Waals surface area contributed by atoms with E-state index in [0.29, 0.717) is 23.0 Å². The molecule has 1 saturated carbocycles. The van der Waals surface area contributed by atoms with Gasteiger partial charge in [0, 0.05) is 12.6 Å². The maximum absolute atomic E-state index is 11.5. The summed E-state index contributed by atoms with van der Waals surface area (Å²) < 4.78 is 5.81. The Morgan fingerprint density at radius 3 is 2.95 bits per heavy atom. The number of nitrogens with zero attached hydrogens (tertiary/aromatic N) is 2. The van der Waals surface area contributed by atoms with Gasteiger partial charge in [-0.05, 0) is 19.8 Å². The molecule has 0 aromatic carbocycles. The van der Waals surface area contributed by atoms with E-state index >= 15 is 0 Å². The van der Waals surface area contributed by atoms with Crippen LogP contribution in [0.4, 0.5) is 10.7 Å². The van der Waals surface area contributed by atoms with Crippen molar-refractivity contribution in [3.05, 3.63) is 21.1 Å². The Hall–Kier alpha value is -1.47. The van der Waals surface area contributed by atoms with Gasteiger partial charge in [0.05, 0.1) is 28.6 Å². The van der Waals surface area contributed by atoms with Crippen molar-refractivity contribution in [3.63, 3.8) is 0 Å². The highest BCUT2D eigenvalue weighted by molar-refractivity contribution is 7.18. The predicted octanol–water partition coefficient (Wildman–Crippen LogP) is 3.01. The van der Waals surface area contributed by atoms with Crippen LogP contribution in [0.15, 0.2) is 6.07 Å². The van der Waals surface area contributed by atoms with Crippen LogP contribution in [-0.4, -0.2) is 36.0 Å². The van der Waals surface area contributed by atoms with Crippen LogP contribution >= 0.6 is 11.3 Å². The smallest absolute Gasteiger partial charge is 0.304 e. The van der Waals surface area contributed by atoms with Gasteiger partial charge >= 0.3 is 5.69 Å². The highest BCUT2D eigenvalue weighted by atomic mass is 32.1. The number of fused-ring (bicyclic) bond motifs is 1. The summed E-state index contributed by atoms with van der Waals surface area (Å²) >= 11 is 1.24. The number of ketones is 1. The molecule has 2 atom stereocenters. The van der Waals surface area contributed by atoms with Gasteiger partial charge in [-0.3, -0.25) is 14.9 Å². The molecule has 1 aliphatic carbocycles. The lowest BCUT2D eigenvalue weighted by molar-refractivity contribution is -0.383. The maximum Gasteiger partial charge on any atom is 0.304 e. The number of carbonyl (C=O) groups is 1. The molecule has 0 bridgehead atoms. The van der Waals surface area contributed by atoms with Gasteiger partial charge in [0.1, 0.15) is 0 Å². The summed E-state index contributed by atoms with van der Waals surface area (Å²) in [5, 5.41) is 11.9. The molecule has 1 aromatic rings. The first-order chi connectivity index (χ1) is 10.1. The first-order valence-corrected chi connectivity index (χ1v) is 8.07. The number of carbonyl (C=O) groups excluding carboxylic acids is 1. The predicted molar refractivity (Wildman–Crippen MR) is 80.3 cm³/mol. The Labute approximate surface area is 126 Å². The SMILES string of the molecule is CC(=O)c1cc([N+](=O)[O-])c(N2CCOC3CCCCC32)s1. The number of Topliss-reactive ketones (excluding diaryl/α,β-unsaturated/α-hetero) is 1. The topological polar surface area (TPSA) is 72.7 Å². The van der Waals surface area contributed by atoms with E-state index in [1.807, 2.05) is 0 Å². The fraction of sp³-hybridized carbons (Fsp3) is 0.643. The van der Waals surface area contributed by atoms with Gasteiger partial charge in [-0.15, -0.1) is 11.3 Å². The molecule has 1 aromatic heterocycles. The Morgan fingerprint density at radius 1 is 1.48 bits per heavy atom. The molecule has 2 unspecified atom stereocenters. The van der Waals surface area contributed by atoms with Gasteiger partial charge in [0.25, 0.3) is 0 Å². The largest absolute Gasteiger partial charge is 0.374 e. The van der Waals surface area contributed by atoms with Gasteiger partial charge < -0.3 is 9.64 Å². The number of rotatable bonds is 3. The van der Waals surface area contributed by atoms with E-state index in [2.05, 4.69) is 4.90 Å². The van der Waals surface area contributed by atoms with Crippen LogP contribution in [0.1, 0.15) is 42.3 Å². The van der Waals surface area contributed by atoms with E-state index in [9.17, 15) is 14.9 Å². The second-order valence-electron chi connectivity index (χ2n) is 5.57. The summed E-state index contributed by atoms with van der Waals surface area (Å²) in [6.45, 7) is 2.69. The Kier molecular flexibility index (Phi) is 3.95. The standard InChI is InChI=1S/C14H18N2O4S/c1-9(17)13-8-11(16(18)19)14(21-13)15-6-7-20-12-5-3-2-4-10(12)15/h8,10,12H,2-7H2,1H3. The van der Waals surface area contributed by atoms with Crippen molar-refractivity contribution >= 4 is 27.8 Å². The number of hydrogen-bond donors (Lipinski definition) is 0. The third-order valence-electron chi connectivity index (χ3n) is 4.23. The molecule has 114 valence electrons. The zero-order chi connectivity index (χ0) is 15.0. The Balaban J connectivity index is 1.97. The van der Waals surface area contributed by atoms with E-state index in [1.54, 1.807) is 0 Å². The molecule has 6 nitrogen and oxygen atoms in total. The summed E-state index contributed by atoms with van der Waals surface area (Å²) in [6, 6.07) is 1.61. The van der Waals surface area contributed by atoms with Crippen LogP contribution in [0, 0.1) is 10.1 Å². The van der Waals surface area contributed by atoms with Gasteiger partial charge in [-0.2, -0.15) is 0 Å². The van der Waals surface area contributed by atoms with E-state index < -0.39 is 0 Å². The van der Waals surface area contributed by atoms with Crippen molar-refractivity contribution < 1.29 is 14.5 Å². The van der Waals surface area contributed by atoms with Gasteiger partial charge in [-0.25, -0.2) is 0 Å². The highest BCUT2D eigenvalue weighted by Crippen LogP contribution is 2.42. The van der Waals surface area contributed by atoms with Crippen molar-refractivity contribution in [2.24, 2.45) is 0 Å². The molecule has 7 heteroatoms. The molecule has 0 spiro atoms. The molecule has 1 aliphatic heterocycles. The fourth-order valence-electron chi connectivity index (χ4n) is 3.23. The molecule has 21 heavy (non-hydrogen) atoms. The molecule has 2 aliphatic rings. The second kappa shape index (κ2) is 5.73. The molecule has 1 saturated heterocycles. The first-order valence-electron chi connectivity index (χ1n) is 7.25. The van der Waals surface area contributed by atoms with Crippen LogP contribution in [0.3, 0.4) is 0 Å². The van der Waals surface area contributed by atoms with Crippen LogP contribution in [0.2, 0.25) is 0 Å². The number of ether oxygens (including phenoxy) is 1. The third-order valence-corrected chi connectivity index (χ3v) is 5.49. The lowest BCUT2D eigenvalue weighted by atomic mass is 9.90. The minimum Gasteiger partial charge on any atom is -0.374 e. The van der Waals surface area contributed by atoms with E-state index in [4.69, 9.17) is 4.74 Å².